The fraction of sp³-hybridized carbons (Fsp3) is 0.500. The molecule has 1 aliphatic rings. The van der Waals surface area contributed by atoms with E-state index < -0.39 is 0 Å². The Bertz CT molecular complexity index is 387. The number of amidine groups is 1. The number of oxime groups is 1. The maximum absolute atomic E-state index is 8.45. The number of hydrogen-bond acceptors (Lipinski definition) is 6. The number of aromatic nitrogens is 2. The Labute approximate surface area is 98.3 Å². The summed E-state index contributed by atoms with van der Waals surface area (Å²) in [5.74, 6) is 0.318. The van der Waals surface area contributed by atoms with Gasteiger partial charge < -0.3 is 20.4 Å². The minimum absolute atomic E-state index is 0.0804. The molecule has 3 N–H and O–H groups in total. The highest BCUT2D eigenvalue weighted by molar-refractivity contribution is 5.94. The molecule has 0 radical (unpaired) electrons. The smallest absolute Gasteiger partial charge is 0.232 e. The van der Waals surface area contributed by atoms with Gasteiger partial charge in [-0.2, -0.15) is 0 Å². The van der Waals surface area contributed by atoms with Crippen molar-refractivity contribution in [3.05, 3.63) is 18.1 Å². The van der Waals surface area contributed by atoms with Crippen molar-refractivity contribution < 1.29 is 14.7 Å². The maximum Gasteiger partial charge on any atom is 0.232 e. The Morgan fingerprint density at radius 3 is 3.06 bits per heavy atom. The van der Waals surface area contributed by atoms with Crippen LogP contribution in [0.2, 0.25) is 0 Å². The van der Waals surface area contributed by atoms with E-state index in [0.29, 0.717) is 18.2 Å². The highest BCUT2D eigenvalue weighted by Gasteiger charge is 2.16. The average molecular weight is 238 g/mol. The summed E-state index contributed by atoms with van der Waals surface area (Å²) in [5, 5.41) is 11.3. The number of ether oxygens (including phenoxy) is 2. The zero-order valence-electron chi connectivity index (χ0n) is 9.24. The summed E-state index contributed by atoms with van der Waals surface area (Å²) in [6, 6.07) is 0. The van der Waals surface area contributed by atoms with Crippen LogP contribution in [-0.2, 0) is 4.74 Å². The van der Waals surface area contributed by atoms with Crippen LogP contribution < -0.4 is 10.5 Å². The molecule has 1 saturated heterocycles. The van der Waals surface area contributed by atoms with Crippen LogP contribution in [-0.4, -0.2) is 40.3 Å². The molecule has 1 aliphatic heterocycles. The lowest BCUT2D eigenvalue weighted by Crippen LogP contribution is -2.18. The SMILES string of the molecule is NC(=NO)c1cnc(OCC2CCCO2)cn1. The van der Waals surface area contributed by atoms with Gasteiger partial charge in [0.1, 0.15) is 12.3 Å². The Morgan fingerprint density at radius 1 is 1.59 bits per heavy atom. The Hall–Kier alpha value is -1.89. The third kappa shape index (κ3) is 3.04. The molecule has 0 spiro atoms. The van der Waals surface area contributed by atoms with Gasteiger partial charge in [-0.1, -0.05) is 5.16 Å². The molecule has 7 nitrogen and oxygen atoms in total. The van der Waals surface area contributed by atoms with Crippen molar-refractivity contribution in [2.75, 3.05) is 13.2 Å². The van der Waals surface area contributed by atoms with Crippen LogP contribution in [0, 0.1) is 0 Å². The molecule has 0 saturated carbocycles. The van der Waals surface area contributed by atoms with E-state index in [1.165, 1.54) is 12.4 Å². The Balaban J connectivity index is 1.89. The fourth-order valence-corrected chi connectivity index (χ4v) is 1.53. The van der Waals surface area contributed by atoms with Gasteiger partial charge in [0.25, 0.3) is 0 Å². The van der Waals surface area contributed by atoms with Gasteiger partial charge in [-0.15, -0.1) is 0 Å². The summed E-state index contributed by atoms with van der Waals surface area (Å²) in [4.78, 5) is 7.95. The van der Waals surface area contributed by atoms with E-state index in [1.807, 2.05) is 0 Å². The lowest BCUT2D eigenvalue weighted by atomic mass is 10.2. The second-order valence-electron chi connectivity index (χ2n) is 3.67. The second-order valence-corrected chi connectivity index (χ2v) is 3.67. The minimum Gasteiger partial charge on any atom is -0.474 e. The van der Waals surface area contributed by atoms with Crippen molar-refractivity contribution in [3.8, 4) is 5.88 Å². The zero-order chi connectivity index (χ0) is 12.1. The number of rotatable bonds is 4. The highest BCUT2D eigenvalue weighted by atomic mass is 16.5. The second kappa shape index (κ2) is 5.44. The number of hydrogen-bond donors (Lipinski definition) is 2. The maximum atomic E-state index is 8.45. The van der Waals surface area contributed by atoms with Gasteiger partial charge in [0, 0.05) is 6.61 Å². The van der Waals surface area contributed by atoms with Gasteiger partial charge >= 0.3 is 0 Å². The van der Waals surface area contributed by atoms with Crippen molar-refractivity contribution in [1.29, 1.82) is 0 Å². The average Bonchev–Trinajstić information content (AvgIpc) is 2.89. The molecule has 0 aliphatic carbocycles. The highest BCUT2D eigenvalue weighted by Crippen LogP contribution is 2.13. The van der Waals surface area contributed by atoms with E-state index in [4.69, 9.17) is 20.4 Å². The lowest BCUT2D eigenvalue weighted by molar-refractivity contribution is 0.0662. The van der Waals surface area contributed by atoms with Crippen LogP contribution in [0.1, 0.15) is 18.5 Å². The normalized spacial score (nSPS) is 20.5. The molecule has 0 aromatic carbocycles. The Morgan fingerprint density at radius 2 is 2.47 bits per heavy atom. The largest absolute Gasteiger partial charge is 0.474 e. The molecule has 1 unspecified atom stereocenters. The summed E-state index contributed by atoms with van der Waals surface area (Å²) in [6.07, 6.45) is 5.04. The van der Waals surface area contributed by atoms with Gasteiger partial charge in [0.05, 0.1) is 18.5 Å². The van der Waals surface area contributed by atoms with E-state index in [-0.39, 0.29) is 11.9 Å². The van der Waals surface area contributed by atoms with Gasteiger partial charge in [0.2, 0.25) is 5.88 Å². The molecule has 92 valence electrons. The molecule has 0 bridgehead atoms. The molecule has 1 aromatic rings. The molecule has 0 amide bonds. The summed E-state index contributed by atoms with van der Waals surface area (Å²) in [6.45, 7) is 1.26. The minimum atomic E-state index is -0.0804. The molecule has 1 aromatic heterocycles. The number of nitrogens with two attached hydrogens (primary N) is 1. The van der Waals surface area contributed by atoms with Gasteiger partial charge in [-0.25, -0.2) is 9.97 Å². The molecular formula is C10H14N4O3. The van der Waals surface area contributed by atoms with Crippen LogP contribution >= 0.6 is 0 Å². The summed E-state index contributed by atoms with van der Waals surface area (Å²) < 4.78 is 10.8. The van der Waals surface area contributed by atoms with E-state index in [9.17, 15) is 0 Å². The third-order valence-electron chi connectivity index (χ3n) is 2.44. The fourth-order valence-electron chi connectivity index (χ4n) is 1.53. The van der Waals surface area contributed by atoms with Crippen molar-refractivity contribution >= 4 is 5.84 Å². The van der Waals surface area contributed by atoms with Gasteiger partial charge in [0.15, 0.2) is 5.84 Å². The van der Waals surface area contributed by atoms with Crippen LogP contribution in [0.15, 0.2) is 17.5 Å². The first kappa shape index (κ1) is 11.6. The molecule has 1 atom stereocenters. The quantitative estimate of drug-likeness (QED) is 0.334. The van der Waals surface area contributed by atoms with Crippen LogP contribution in [0.5, 0.6) is 5.88 Å². The standard InChI is InChI=1S/C10H14N4O3/c11-10(14-15)8-4-13-9(5-12-8)17-6-7-2-1-3-16-7/h4-5,7,15H,1-3,6H2,(H2,11,14). The summed E-state index contributed by atoms with van der Waals surface area (Å²) in [7, 11) is 0. The first-order chi connectivity index (χ1) is 8.29. The third-order valence-corrected chi connectivity index (χ3v) is 2.44. The molecule has 7 heteroatoms. The Kier molecular flexibility index (Phi) is 3.71. The molecule has 2 heterocycles. The first-order valence-corrected chi connectivity index (χ1v) is 5.34. The van der Waals surface area contributed by atoms with Crippen molar-refractivity contribution in [3.63, 3.8) is 0 Å². The predicted octanol–water partition coefficient (Wildman–Crippen LogP) is 0.129. The number of nitrogens with zero attached hydrogens (tertiary/aromatic N) is 3. The summed E-state index contributed by atoms with van der Waals surface area (Å²) in [5.41, 5.74) is 5.66. The monoisotopic (exact) mass is 238 g/mol. The molecule has 17 heavy (non-hydrogen) atoms. The van der Waals surface area contributed by atoms with E-state index in [0.717, 1.165) is 19.4 Å². The van der Waals surface area contributed by atoms with Crippen LogP contribution in [0.3, 0.4) is 0 Å². The zero-order valence-corrected chi connectivity index (χ0v) is 9.24. The molecule has 1 fully saturated rings. The van der Waals surface area contributed by atoms with Crippen molar-refractivity contribution in [2.45, 2.75) is 18.9 Å². The topological polar surface area (TPSA) is 103 Å². The van der Waals surface area contributed by atoms with Crippen LogP contribution in [0.4, 0.5) is 0 Å². The van der Waals surface area contributed by atoms with Gasteiger partial charge in [-0.3, -0.25) is 0 Å². The van der Waals surface area contributed by atoms with E-state index in [2.05, 4.69) is 15.1 Å². The molecular weight excluding hydrogens is 224 g/mol. The first-order valence-electron chi connectivity index (χ1n) is 5.34. The van der Waals surface area contributed by atoms with E-state index >= 15 is 0 Å². The predicted molar refractivity (Wildman–Crippen MR) is 59.0 cm³/mol. The van der Waals surface area contributed by atoms with Crippen LogP contribution in [0.25, 0.3) is 0 Å². The van der Waals surface area contributed by atoms with Gasteiger partial charge in [-0.05, 0) is 12.8 Å². The molecule has 2 rings (SSSR count). The van der Waals surface area contributed by atoms with E-state index in [1.54, 1.807) is 0 Å². The summed E-state index contributed by atoms with van der Waals surface area (Å²) >= 11 is 0. The van der Waals surface area contributed by atoms with Crippen molar-refractivity contribution in [1.82, 2.24) is 9.97 Å². The lowest BCUT2D eigenvalue weighted by Gasteiger charge is -2.10. The van der Waals surface area contributed by atoms with Crippen molar-refractivity contribution in [2.24, 2.45) is 10.9 Å².